The Bertz CT molecular complexity index is 555. The molecule has 0 aromatic heterocycles. The Morgan fingerprint density at radius 1 is 1.06 bits per heavy atom. The molecular formula is C13H10ClF2NO. The van der Waals surface area contributed by atoms with E-state index < -0.39 is 11.6 Å². The van der Waals surface area contributed by atoms with Crippen LogP contribution in [0.25, 0.3) is 0 Å². The second-order valence-corrected chi connectivity index (χ2v) is 4.22. The van der Waals surface area contributed by atoms with Crippen LogP contribution in [0, 0.1) is 11.6 Å². The number of rotatable bonds is 3. The quantitative estimate of drug-likeness (QED) is 0.885. The van der Waals surface area contributed by atoms with E-state index in [2.05, 4.69) is 5.32 Å². The second kappa shape index (κ2) is 5.23. The fourth-order valence-corrected chi connectivity index (χ4v) is 1.77. The number of aromatic hydroxyl groups is 1. The van der Waals surface area contributed by atoms with Crippen molar-refractivity contribution < 1.29 is 13.9 Å². The predicted octanol–water partition coefficient (Wildman–Crippen LogP) is 3.94. The van der Waals surface area contributed by atoms with Crippen LogP contribution in [0.1, 0.15) is 5.56 Å². The topological polar surface area (TPSA) is 32.3 Å². The van der Waals surface area contributed by atoms with Crippen molar-refractivity contribution in [3.63, 3.8) is 0 Å². The third-order valence-electron chi connectivity index (χ3n) is 2.39. The van der Waals surface area contributed by atoms with Crippen molar-refractivity contribution in [1.29, 1.82) is 0 Å². The molecule has 2 N–H and O–H groups in total. The highest BCUT2D eigenvalue weighted by Gasteiger charge is 2.04. The first-order valence-electron chi connectivity index (χ1n) is 5.22. The zero-order chi connectivity index (χ0) is 13.1. The fraction of sp³-hybridized carbons (Fsp3) is 0.0769. The minimum Gasteiger partial charge on any atom is -0.508 e. The molecule has 0 spiro atoms. The molecule has 18 heavy (non-hydrogen) atoms. The van der Waals surface area contributed by atoms with E-state index in [4.69, 9.17) is 11.6 Å². The van der Waals surface area contributed by atoms with Crippen LogP contribution in [-0.2, 0) is 6.54 Å². The van der Waals surface area contributed by atoms with Gasteiger partial charge in [-0.15, -0.1) is 0 Å². The van der Waals surface area contributed by atoms with Gasteiger partial charge in [0, 0.05) is 22.8 Å². The molecule has 2 nitrogen and oxygen atoms in total. The van der Waals surface area contributed by atoms with Crippen LogP contribution in [0.15, 0.2) is 36.4 Å². The van der Waals surface area contributed by atoms with Gasteiger partial charge in [0.1, 0.15) is 17.4 Å². The highest BCUT2D eigenvalue weighted by molar-refractivity contribution is 6.30. The summed E-state index contributed by atoms with van der Waals surface area (Å²) in [5.74, 6) is -0.929. The summed E-state index contributed by atoms with van der Waals surface area (Å²) in [7, 11) is 0. The van der Waals surface area contributed by atoms with E-state index in [0.29, 0.717) is 11.3 Å². The summed E-state index contributed by atoms with van der Waals surface area (Å²) < 4.78 is 26.0. The Kier molecular flexibility index (Phi) is 3.67. The van der Waals surface area contributed by atoms with Crippen molar-refractivity contribution >= 4 is 17.3 Å². The molecule has 2 aromatic rings. The van der Waals surface area contributed by atoms with Crippen LogP contribution < -0.4 is 5.32 Å². The van der Waals surface area contributed by atoms with Gasteiger partial charge < -0.3 is 10.4 Å². The zero-order valence-electron chi connectivity index (χ0n) is 9.25. The summed E-state index contributed by atoms with van der Waals surface area (Å²) in [6.07, 6.45) is 0. The molecule has 0 aliphatic carbocycles. The molecule has 0 aliphatic heterocycles. The predicted molar refractivity (Wildman–Crippen MR) is 66.8 cm³/mol. The Balaban J connectivity index is 2.13. The number of nitrogens with one attached hydrogen (secondary N) is 1. The van der Waals surface area contributed by atoms with Crippen LogP contribution in [0.3, 0.4) is 0 Å². The summed E-state index contributed by atoms with van der Waals surface area (Å²) in [5.41, 5.74) is 0.846. The van der Waals surface area contributed by atoms with E-state index >= 15 is 0 Å². The second-order valence-electron chi connectivity index (χ2n) is 3.78. The Hall–Kier alpha value is -1.81. The van der Waals surface area contributed by atoms with Crippen LogP contribution >= 0.6 is 11.6 Å². The third-order valence-corrected chi connectivity index (χ3v) is 2.61. The average Bonchev–Trinajstić information content (AvgIpc) is 2.29. The van der Waals surface area contributed by atoms with E-state index in [-0.39, 0.29) is 17.3 Å². The van der Waals surface area contributed by atoms with Crippen LogP contribution in [-0.4, -0.2) is 5.11 Å². The zero-order valence-corrected chi connectivity index (χ0v) is 10.0. The summed E-state index contributed by atoms with van der Waals surface area (Å²) in [5, 5.41) is 12.6. The van der Waals surface area contributed by atoms with Gasteiger partial charge in [0.25, 0.3) is 0 Å². The van der Waals surface area contributed by atoms with E-state index in [0.717, 1.165) is 6.07 Å². The van der Waals surface area contributed by atoms with Crippen molar-refractivity contribution in [2.24, 2.45) is 0 Å². The van der Waals surface area contributed by atoms with Gasteiger partial charge in [-0.2, -0.15) is 0 Å². The molecule has 2 aromatic carbocycles. The van der Waals surface area contributed by atoms with E-state index in [1.54, 1.807) is 6.07 Å². The molecule has 0 saturated carbocycles. The summed E-state index contributed by atoms with van der Waals surface area (Å²) in [6.45, 7) is 0.170. The molecule has 5 heteroatoms. The highest BCUT2D eigenvalue weighted by atomic mass is 35.5. The molecule has 0 atom stereocenters. The molecule has 0 fully saturated rings. The lowest BCUT2D eigenvalue weighted by atomic mass is 10.2. The Morgan fingerprint density at radius 2 is 1.83 bits per heavy atom. The van der Waals surface area contributed by atoms with Gasteiger partial charge >= 0.3 is 0 Å². The summed E-state index contributed by atoms with van der Waals surface area (Å²) >= 11 is 5.70. The number of hydrogen-bond acceptors (Lipinski definition) is 2. The molecule has 0 saturated heterocycles. The SMILES string of the molecule is Oc1ccc(F)cc1CNc1cc(F)cc(Cl)c1. The van der Waals surface area contributed by atoms with Crippen molar-refractivity contribution in [3.8, 4) is 5.75 Å². The summed E-state index contributed by atoms with van der Waals surface area (Å²) in [6, 6.07) is 7.64. The number of halogens is 3. The molecule has 0 unspecified atom stereocenters. The molecule has 2 rings (SSSR count). The van der Waals surface area contributed by atoms with Crippen molar-refractivity contribution in [2.75, 3.05) is 5.32 Å². The third kappa shape index (κ3) is 3.11. The van der Waals surface area contributed by atoms with Crippen molar-refractivity contribution in [1.82, 2.24) is 0 Å². The van der Waals surface area contributed by atoms with Crippen LogP contribution in [0.4, 0.5) is 14.5 Å². The largest absolute Gasteiger partial charge is 0.508 e. The average molecular weight is 270 g/mol. The van der Waals surface area contributed by atoms with Gasteiger partial charge in [-0.3, -0.25) is 0 Å². The molecule has 0 bridgehead atoms. The monoisotopic (exact) mass is 269 g/mol. The maximum Gasteiger partial charge on any atom is 0.126 e. The smallest absolute Gasteiger partial charge is 0.126 e. The van der Waals surface area contributed by atoms with Gasteiger partial charge in [0.05, 0.1) is 0 Å². The highest BCUT2D eigenvalue weighted by Crippen LogP contribution is 2.22. The fourth-order valence-electron chi connectivity index (χ4n) is 1.55. The van der Waals surface area contributed by atoms with Gasteiger partial charge in [-0.05, 0) is 36.4 Å². The molecule has 0 amide bonds. The van der Waals surface area contributed by atoms with Crippen molar-refractivity contribution in [2.45, 2.75) is 6.54 Å². The van der Waals surface area contributed by atoms with Gasteiger partial charge in [0.15, 0.2) is 0 Å². The summed E-state index contributed by atoms with van der Waals surface area (Å²) in [4.78, 5) is 0. The van der Waals surface area contributed by atoms with Gasteiger partial charge in [0.2, 0.25) is 0 Å². The van der Waals surface area contributed by atoms with Crippen molar-refractivity contribution in [3.05, 3.63) is 58.6 Å². The number of hydrogen-bond donors (Lipinski definition) is 2. The molecule has 0 radical (unpaired) electrons. The lowest BCUT2D eigenvalue weighted by Crippen LogP contribution is -2.00. The van der Waals surface area contributed by atoms with E-state index in [1.807, 2.05) is 0 Å². The molecule has 0 aliphatic rings. The lowest BCUT2D eigenvalue weighted by Gasteiger charge is -2.09. The maximum absolute atomic E-state index is 13.1. The van der Waals surface area contributed by atoms with Gasteiger partial charge in [-0.1, -0.05) is 11.6 Å². The molecular weight excluding hydrogens is 260 g/mol. The number of anilines is 1. The Morgan fingerprint density at radius 3 is 2.56 bits per heavy atom. The number of phenolic OH excluding ortho intramolecular Hbond substituents is 1. The lowest BCUT2D eigenvalue weighted by molar-refractivity contribution is 0.466. The number of phenols is 1. The standard InChI is InChI=1S/C13H10ClF2NO/c14-9-4-11(16)6-12(5-9)17-7-8-3-10(15)1-2-13(8)18/h1-6,17-18H,7H2. The van der Waals surface area contributed by atoms with E-state index in [9.17, 15) is 13.9 Å². The first-order chi connectivity index (χ1) is 8.54. The van der Waals surface area contributed by atoms with E-state index in [1.165, 1.54) is 24.3 Å². The van der Waals surface area contributed by atoms with Crippen LogP contribution in [0.2, 0.25) is 5.02 Å². The first kappa shape index (κ1) is 12.6. The normalized spacial score (nSPS) is 10.4. The maximum atomic E-state index is 13.1. The number of benzene rings is 2. The van der Waals surface area contributed by atoms with Crippen LogP contribution in [0.5, 0.6) is 5.75 Å². The molecule has 0 heterocycles. The minimum atomic E-state index is -0.464. The minimum absolute atomic E-state index is 0.0219. The van der Waals surface area contributed by atoms with Gasteiger partial charge in [-0.25, -0.2) is 8.78 Å². The molecule has 94 valence electrons. The first-order valence-corrected chi connectivity index (χ1v) is 5.60. The Labute approximate surface area is 108 Å².